The number of rotatable bonds is 3. The van der Waals surface area contributed by atoms with Crippen molar-refractivity contribution in [2.24, 2.45) is 0 Å². The van der Waals surface area contributed by atoms with E-state index in [1.165, 1.54) is 37.7 Å². The van der Waals surface area contributed by atoms with Crippen LogP contribution in [0, 0.1) is 0 Å². The molecule has 0 radical (unpaired) electrons. The van der Waals surface area contributed by atoms with Crippen LogP contribution < -0.4 is 5.43 Å². The Hall–Kier alpha value is -0.860. The molecule has 0 amide bonds. The third-order valence-corrected chi connectivity index (χ3v) is 4.37. The second kappa shape index (κ2) is 4.43. The van der Waals surface area contributed by atoms with Crippen molar-refractivity contribution in [1.29, 1.82) is 0 Å². The lowest BCUT2D eigenvalue weighted by atomic mass is 9.93. The maximum atomic E-state index is 3.65. The minimum absolute atomic E-state index is 0.142. The molecule has 1 saturated carbocycles. The Bertz CT molecular complexity index is 370. The van der Waals surface area contributed by atoms with Gasteiger partial charge in [0.15, 0.2) is 0 Å². The molecule has 0 bridgehead atoms. The molecule has 2 atom stereocenters. The zero-order chi connectivity index (χ0) is 11.7. The van der Waals surface area contributed by atoms with Gasteiger partial charge in [0.05, 0.1) is 0 Å². The van der Waals surface area contributed by atoms with Gasteiger partial charge in [0.25, 0.3) is 0 Å². The summed E-state index contributed by atoms with van der Waals surface area (Å²) >= 11 is 0. The van der Waals surface area contributed by atoms with Gasteiger partial charge in [0.2, 0.25) is 0 Å². The molecule has 92 valence electrons. The molecule has 1 aromatic carbocycles. The number of hydrazine groups is 1. The van der Waals surface area contributed by atoms with Crippen molar-refractivity contribution in [3.8, 4) is 0 Å². The van der Waals surface area contributed by atoms with Gasteiger partial charge >= 0.3 is 0 Å². The van der Waals surface area contributed by atoms with Crippen molar-refractivity contribution in [2.75, 3.05) is 0 Å². The number of nitrogens with zero attached hydrogens (tertiary/aromatic N) is 1. The number of hydrogen-bond donors (Lipinski definition) is 1. The van der Waals surface area contributed by atoms with Crippen LogP contribution in [-0.2, 0) is 5.66 Å². The number of benzene rings is 1. The summed E-state index contributed by atoms with van der Waals surface area (Å²) < 4.78 is 0. The van der Waals surface area contributed by atoms with Crippen molar-refractivity contribution >= 4 is 0 Å². The highest BCUT2D eigenvalue weighted by Crippen LogP contribution is 2.44. The van der Waals surface area contributed by atoms with Crippen LogP contribution in [0.5, 0.6) is 0 Å². The molecular formula is C15H22N2. The second-order valence-corrected chi connectivity index (χ2v) is 5.35. The monoisotopic (exact) mass is 230 g/mol. The molecule has 1 saturated heterocycles. The third-order valence-electron chi connectivity index (χ3n) is 4.37. The van der Waals surface area contributed by atoms with E-state index in [0.29, 0.717) is 0 Å². The Morgan fingerprint density at radius 3 is 2.53 bits per heavy atom. The molecule has 0 aromatic heterocycles. The molecule has 1 aromatic rings. The summed E-state index contributed by atoms with van der Waals surface area (Å²) in [5.74, 6) is 0. The average molecular weight is 230 g/mol. The molecule has 17 heavy (non-hydrogen) atoms. The topological polar surface area (TPSA) is 25.0 Å². The first kappa shape index (κ1) is 11.2. The summed E-state index contributed by atoms with van der Waals surface area (Å²) in [5.41, 5.74) is 5.22. The van der Waals surface area contributed by atoms with Gasteiger partial charge in [0, 0.05) is 6.04 Å². The van der Waals surface area contributed by atoms with E-state index < -0.39 is 0 Å². The fraction of sp³-hybridized carbons (Fsp3) is 0.600. The molecule has 1 aliphatic carbocycles. The third kappa shape index (κ3) is 1.90. The van der Waals surface area contributed by atoms with Gasteiger partial charge in [-0.25, -0.2) is 10.4 Å². The van der Waals surface area contributed by atoms with Crippen LogP contribution >= 0.6 is 0 Å². The molecule has 0 spiro atoms. The predicted molar refractivity (Wildman–Crippen MR) is 70.3 cm³/mol. The zero-order valence-corrected chi connectivity index (χ0v) is 10.7. The van der Waals surface area contributed by atoms with Crippen molar-refractivity contribution in [3.05, 3.63) is 35.9 Å². The van der Waals surface area contributed by atoms with Crippen molar-refractivity contribution < 1.29 is 0 Å². The molecule has 1 aliphatic heterocycles. The van der Waals surface area contributed by atoms with E-state index in [1.54, 1.807) is 0 Å². The standard InChI is InChI=1S/C15H22N2/c1-2-15(13-9-5-3-6-10-13)16-17(15)14-11-7-4-8-12-14/h3,5-6,9-10,14,16H,2,4,7-8,11-12H2,1H3. The Balaban J connectivity index is 1.78. The van der Waals surface area contributed by atoms with Crippen LogP contribution in [0.1, 0.15) is 51.0 Å². The van der Waals surface area contributed by atoms with Crippen LogP contribution in [-0.4, -0.2) is 11.1 Å². The molecule has 2 heteroatoms. The van der Waals surface area contributed by atoms with Crippen molar-refractivity contribution in [2.45, 2.75) is 57.2 Å². The quantitative estimate of drug-likeness (QED) is 0.805. The number of nitrogens with one attached hydrogen (secondary N) is 1. The van der Waals surface area contributed by atoms with Gasteiger partial charge < -0.3 is 0 Å². The molecule has 1 N–H and O–H groups in total. The van der Waals surface area contributed by atoms with Gasteiger partial charge in [-0.2, -0.15) is 0 Å². The highest BCUT2D eigenvalue weighted by Gasteiger charge is 2.54. The summed E-state index contributed by atoms with van der Waals surface area (Å²) in [6.45, 7) is 2.28. The maximum absolute atomic E-state index is 3.65. The lowest BCUT2D eigenvalue weighted by Gasteiger charge is -2.25. The second-order valence-electron chi connectivity index (χ2n) is 5.35. The van der Waals surface area contributed by atoms with Crippen molar-refractivity contribution in [1.82, 2.24) is 10.4 Å². The smallest absolute Gasteiger partial charge is 0.123 e. The van der Waals surface area contributed by atoms with E-state index >= 15 is 0 Å². The molecule has 2 aliphatic rings. The van der Waals surface area contributed by atoms with Crippen LogP contribution in [0.3, 0.4) is 0 Å². The van der Waals surface area contributed by atoms with E-state index in [-0.39, 0.29) is 5.66 Å². The highest BCUT2D eigenvalue weighted by atomic mass is 15.8. The fourth-order valence-electron chi connectivity index (χ4n) is 3.29. The first-order chi connectivity index (χ1) is 8.37. The predicted octanol–water partition coefficient (Wildman–Crippen LogP) is 3.40. The molecule has 1 heterocycles. The summed E-state index contributed by atoms with van der Waals surface area (Å²) in [4.78, 5) is 0. The van der Waals surface area contributed by atoms with Crippen LogP contribution in [0.2, 0.25) is 0 Å². The Labute approximate surface area is 104 Å². The van der Waals surface area contributed by atoms with Crippen LogP contribution in [0.4, 0.5) is 0 Å². The van der Waals surface area contributed by atoms with E-state index in [4.69, 9.17) is 0 Å². The van der Waals surface area contributed by atoms with Gasteiger partial charge in [-0.15, -0.1) is 0 Å². The molecule has 2 fully saturated rings. The lowest BCUT2D eigenvalue weighted by Crippen LogP contribution is -2.28. The van der Waals surface area contributed by atoms with Crippen LogP contribution in [0.15, 0.2) is 30.3 Å². The van der Waals surface area contributed by atoms with Crippen molar-refractivity contribution in [3.63, 3.8) is 0 Å². The van der Waals surface area contributed by atoms with Gasteiger partial charge in [0.1, 0.15) is 5.66 Å². The minimum Gasteiger partial charge on any atom is -0.227 e. The Kier molecular flexibility index (Phi) is 2.93. The van der Waals surface area contributed by atoms with Gasteiger partial charge in [-0.1, -0.05) is 56.5 Å². The zero-order valence-electron chi connectivity index (χ0n) is 10.7. The summed E-state index contributed by atoms with van der Waals surface area (Å²) in [5, 5.41) is 2.52. The molecule has 2 unspecified atom stereocenters. The van der Waals surface area contributed by atoms with E-state index in [2.05, 4.69) is 47.7 Å². The van der Waals surface area contributed by atoms with E-state index in [9.17, 15) is 0 Å². The van der Waals surface area contributed by atoms with Gasteiger partial charge in [-0.05, 0) is 24.8 Å². The minimum atomic E-state index is 0.142. The fourth-order valence-corrected chi connectivity index (χ4v) is 3.29. The lowest BCUT2D eigenvalue weighted by molar-refractivity contribution is 0.237. The highest BCUT2D eigenvalue weighted by molar-refractivity contribution is 5.28. The average Bonchev–Trinajstić information content (AvgIpc) is 3.17. The first-order valence-corrected chi connectivity index (χ1v) is 6.99. The maximum Gasteiger partial charge on any atom is 0.123 e. The number of hydrogen-bond acceptors (Lipinski definition) is 2. The SMILES string of the molecule is CCC1(c2ccccc2)NN1C1CCCCC1. The van der Waals surface area contributed by atoms with Gasteiger partial charge in [-0.3, -0.25) is 0 Å². The largest absolute Gasteiger partial charge is 0.227 e. The molecule has 3 rings (SSSR count). The first-order valence-electron chi connectivity index (χ1n) is 6.99. The summed E-state index contributed by atoms with van der Waals surface area (Å²) in [6, 6.07) is 11.6. The molecular weight excluding hydrogens is 208 g/mol. The Morgan fingerprint density at radius 1 is 1.18 bits per heavy atom. The summed E-state index contributed by atoms with van der Waals surface area (Å²) in [6.07, 6.45) is 8.10. The summed E-state index contributed by atoms with van der Waals surface area (Å²) in [7, 11) is 0. The Morgan fingerprint density at radius 2 is 1.88 bits per heavy atom. The molecule has 2 nitrogen and oxygen atoms in total. The van der Waals surface area contributed by atoms with E-state index in [1.807, 2.05) is 0 Å². The normalized spacial score (nSPS) is 33.6. The van der Waals surface area contributed by atoms with E-state index in [0.717, 1.165) is 12.5 Å². The van der Waals surface area contributed by atoms with Crippen LogP contribution in [0.25, 0.3) is 0 Å².